The van der Waals surface area contributed by atoms with Crippen molar-refractivity contribution in [3.05, 3.63) is 24.9 Å². The minimum Gasteiger partial charge on any atom is -0.382 e. The standard InChI is InChI=1S/C9H16N2/c1-3-8(2)11-9-5-4-6-10-7-9/h3,9-11H,1-2,4-7H2. The van der Waals surface area contributed by atoms with Crippen LogP contribution in [0.5, 0.6) is 0 Å². The average Bonchev–Trinajstić information content (AvgIpc) is 2.06. The highest BCUT2D eigenvalue weighted by atomic mass is 15.0. The Morgan fingerprint density at radius 2 is 2.45 bits per heavy atom. The second-order valence-electron chi connectivity index (χ2n) is 2.92. The summed E-state index contributed by atoms with van der Waals surface area (Å²) >= 11 is 0. The summed E-state index contributed by atoms with van der Waals surface area (Å²) in [5, 5.41) is 6.62. The maximum atomic E-state index is 3.81. The van der Waals surface area contributed by atoms with Crippen LogP contribution in [0.1, 0.15) is 12.8 Å². The van der Waals surface area contributed by atoms with E-state index in [2.05, 4.69) is 23.8 Å². The van der Waals surface area contributed by atoms with Gasteiger partial charge in [0.15, 0.2) is 0 Å². The van der Waals surface area contributed by atoms with Gasteiger partial charge in [-0.2, -0.15) is 0 Å². The molecule has 0 radical (unpaired) electrons. The maximum absolute atomic E-state index is 3.81. The highest BCUT2D eigenvalue weighted by Crippen LogP contribution is 2.02. The molecule has 0 aliphatic carbocycles. The molecule has 1 heterocycles. The molecule has 62 valence electrons. The van der Waals surface area contributed by atoms with Crippen LogP contribution in [0.25, 0.3) is 0 Å². The fraction of sp³-hybridized carbons (Fsp3) is 0.556. The van der Waals surface area contributed by atoms with Crippen LogP contribution >= 0.6 is 0 Å². The largest absolute Gasteiger partial charge is 0.382 e. The van der Waals surface area contributed by atoms with E-state index < -0.39 is 0 Å². The zero-order valence-electron chi connectivity index (χ0n) is 6.90. The number of piperidine rings is 1. The molecule has 1 aliphatic heterocycles. The number of allylic oxidation sites excluding steroid dienone is 1. The Morgan fingerprint density at radius 3 is 3.00 bits per heavy atom. The summed E-state index contributed by atoms with van der Waals surface area (Å²) in [5.74, 6) is 0. The fourth-order valence-electron chi connectivity index (χ4n) is 1.30. The van der Waals surface area contributed by atoms with Crippen LogP contribution in [-0.4, -0.2) is 19.1 Å². The number of hydrogen-bond donors (Lipinski definition) is 2. The van der Waals surface area contributed by atoms with Crippen molar-refractivity contribution in [2.75, 3.05) is 13.1 Å². The van der Waals surface area contributed by atoms with Gasteiger partial charge in [0, 0.05) is 18.3 Å². The first-order valence-corrected chi connectivity index (χ1v) is 4.11. The molecule has 0 bridgehead atoms. The molecule has 0 aromatic heterocycles. The first kappa shape index (κ1) is 8.34. The topological polar surface area (TPSA) is 24.1 Å². The normalized spacial score (nSPS) is 24.2. The molecule has 0 amide bonds. The van der Waals surface area contributed by atoms with Crippen LogP contribution in [0.4, 0.5) is 0 Å². The number of rotatable bonds is 3. The predicted molar refractivity (Wildman–Crippen MR) is 48.4 cm³/mol. The SMILES string of the molecule is C=CC(=C)NC1CCCNC1. The van der Waals surface area contributed by atoms with Crippen LogP contribution in [-0.2, 0) is 0 Å². The summed E-state index contributed by atoms with van der Waals surface area (Å²) < 4.78 is 0. The Bertz CT molecular complexity index is 146. The lowest BCUT2D eigenvalue weighted by Gasteiger charge is -2.24. The van der Waals surface area contributed by atoms with Gasteiger partial charge in [-0.05, 0) is 25.5 Å². The summed E-state index contributed by atoms with van der Waals surface area (Å²) in [4.78, 5) is 0. The minimum absolute atomic E-state index is 0.550. The summed E-state index contributed by atoms with van der Waals surface area (Å²) in [5.41, 5.74) is 0.929. The molecule has 2 nitrogen and oxygen atoms in total. The van der Waals surface area contributed by atoms with Crippen molar-refractivity contribution in [2.24, 2.45) is 0 Å². The van der Waals surface area contributed by atoms with Crippen molar-refractivity contribution in [1.29, 1.82) is 0 Å². The lowest BCUT2D eigenvalue weighted by Crippen LogP contribution is -2.42. The van der Waals surface area contributed by atoms with Crippen LogP contribution in [0.2, 0.25) is 0 Å². The summed E-state index contributed by atoms with van der Waals surface area (Å²) in [7, 11) is 0. The molecule has 2 heteroatoms. The van der Waals surface area contributed by atoms with E-state index in [9.17, 15) is 0 Å². The molecule has 0 saturated carbocycles. The number of hydrogen-bond acceptors (Lipinski definition) is 2. The molecule has 0 aromatic carbocycles. The van der Waals surface area contributed by atoms with Crippen LogP contribution < -0.4 is 10.6 Å². The molecular weight excluding hydrogens is 136 g/mol. The van der Waals surface area contributed by atoms with E-state index in [4.69, 9.17) is 0 Å². The first-order valence-electron chi connectivity index (χ1n) is 4.11. The Labute approximate surface area is 68.4 Å². The third-order valence-corrected chi connectivity index (χ3v) is 1.93. The van der Waals surface area contributed by atoms with E-state index in [1.165, 1.54) is 12.8 Å². The van der Waals surface area contributed by atoms with Gasteiger partial charge in [-0.1, -0.05) is 13.2 Å². The van der Waals surface area contributed by atoms with E-state index in [0.717, 1.165) is 18.8 Å². The van der Waals surface area contributed by atoms with E-state index in [1.807, 2.05) is 0 Å². The monoisotopic (exact) mass is 152 g/mol. The third-order valence-electron chi connectivity index (χ3n) is 1.93. The van der Waals surface area contributed by atoms with Gasteiger partial charge in [0.05, 0.1) is 0 Å². The van der Waals surface area contributed by atoms with Gasteiger partial charge in [-0.3, -0.25) is 0 Å². The van der Waals surface area contributed by atoms with Gasteiger partial charge in [0.25, 0.3) is 0 Å². The lowest BCUT2D eigenvalue weighted by molar-refractivity contribution is 0.417. The predicted octanol–water partition coefficient (Wildman–Crippen LogP) is 1.03. The van der Waals surface area contributed by atoms with Gasteiger partial charge in [0.1, 0.15) is 0 Å². The quantitative estimate of drug-likeness (QED) is 0.590. The molecule has 2 N–H and O–H groups in total. The van der Waals surface area contributed by atoms with Crippen molar-refractivity contribution < 1.29 is 0 Å². The molecule has 0 aromatic rings. The molecule has 1 atom stereocenters. The Balaban J connectivity index is 2.24. The Morgan fingerprint density at radius 1 is 1.64 bits per heavy atom. The van der Waals surface area contributed by atoms with Crippen molar-refractivity contribution in [3.8, 4) is 0 Å². The highest BCUT2D eigenvalue weighted by Gasteiger charge is 2.11. The van der Waals surface area contributed by atoms with Crippen molar-refractivity contribution >= 4 is 0 Å². The van der Waals surface area contributed by atoms with Crippen LogP contribution in [0, 0.1) is 0 Å². The van der Waals surface area contributed by atoms with Crippen LogP contribution in [0.15, 0.2) is 24.9 Å². The van der Waals surface area contributed by atoms with E-state index >= 15 is 0 Å². The zero-order valence-corrected chi connectivity index (χ0v) is 6.90. The van der Waals surface area contributed by atoms with E-state index in [0.29, 0.717) is 6.04 Å². The molecular formula is C9H16N2. The molecule has 1 unspecified atom stereocenters. The zero-order chi connectivity index (χ0) is 8.10. The summed E-state index contributed by atoms with van der Waals surface area (Å²) in [6.07, 6.45) is 4.25. The first-order chi connectivity index (χ1) is 5.33. The molecule has 1 aliphatic rings. The van der Waals surface area contributed by atoms with Gasteiger partial charge in [-0.15, -0.1) is 0 Å². The lowest BCUT2D eigenvalue weighted by atomic mass is 10.1. The van der Waals surface area contributed by atoms with Gasteiger partial charge >= 0.3 is 0 Å². The highest BCUT2D eigenvalue weighted by molar-refractivity contribution is 5.09. The smallest absolute Gasteiger partial charge is 0.0386 e. The van der Waals surface area contributed by atoms with Crippen molar-refractivity contribution in [2.45, 2.75) is 18.9 Å². The summed E-state index contributed by atoms with van der Waals surface area (Å²) in [6, 6.07) is 0.550. The van der Waals surface area contributed by atoms with Gasteiger partial charge in [-0.25, -0.2) is 0 Å². The second-order valence-corrected chi connectivity index (χ2v) is 2.92. The number of nitrogens with one attached hydrogen (secondary N) is 2. The fourth-order valence-corrected chi connectivity index (χ4v) is 1.30. The molecule has 11 heavy (non-hydrogen) atoms. The third kappa shape index (κ3) is 2.76. The van der Waals surface area contributed by atoms with E-state index in [-0.39, 0.29) is 0 Å². The van der Waals surface area contributed by atoms with Crippen LogP contribution in [0.3, 0.4) is 0 Å². The molecule has 0 spiro atoms. The maximum Gasteiger partial charge on any atom is 0.0386 e. The summed E-state index contributed by atoms with van der Waals surface area (Å²) in [6.45, 7) is 9.65. The molecule has 1 fully saturated rings. The molecule has 1 saturated heterocycles. The Kier molecular flexibility index (Phi) is 3.17. The average molecular weight is 152 g/mol. The van der Waals surface area contributed by atoms with Gasteiger partial charge in [0.2, 0.25) is 0 Å². The van der Waals surface area contributed by atoms with Crippen molar-refractivity contribution in [3.63, 3.8) is 0 Å². The van der Waals surface area contributed by atoms with Crippen molar-refractivity contribution in [1.82, 2.24) is 10.6 Å². The molecule has 1 rings (SSSR count). The minimum atomic E-state index is 0.550. The second kappa shape index (κ2) is 4.19. The Hall–Kier alpha value is -0.760. The van der Waals surface area contributed by atoms with E-state index in [1.54, 1.807) is 6.08 Å². The van der Waals surface area contributed by atoms with Gasteiger partial charge < -0.3 is 10.6 Å².